The topological polar surface area (TPSA) is 90.7 Å². The molecule has 2 atom stereocenters. The number of urea groups is 1. The summed E-state index contributed by atoms with van der Waals surface area (Å²) in [6, 6.07) is -0.361. The van der Waals surface area contributed by atoms with Crippen molar-refractivity contribution in [3.05, 3.63) is 22.6 Å². The second-order valence-corrected chi connectivity index (χ2v) is 10.4. The summed E-state index contributed by atoms with van der Waals surface area (Å²) >= 11 is 1.78. The van der Waals surface area contributed by atoms with Gasteiger partial charge in [-0.2, -0.15) is 0 Å². The van der Waals surface area contributed by atoms with Gasteiger partial charge < -0.3 is 21.3 Å². The smallest absolute Gasteiger partial charge is 0.315 e. The van der Waals surface area contributed by atoms with E-state index in [9.17, 15) is 9.59 Å². The number of hydrogen-bond donors (Lipinski definition) is 3. The van der Waals surface area contributed by atoms with E-state index in [0.717, 1.165) is 38.8 Å². The minimum Gasteiger partial charge on any atom is -0.334 e. The van der Waals surface area contributed by atoms with Crippen LogP contribution in [-0.4, -0.2) is 59.5 Å². The predicted octanol–water partition coefficient (Wildman–Crippen LogP) is 3.20. The van der Waals surface area contributed by atoms with Crippen LogP contribution in [0.25, 0.3) is 0 Å². The van der Waals surface area contributed by atoms with Crippen molar-refractivity contribution in [1.29, 1.82) is 0 Å². The maximum absolute atomic E-state index is 12.6. The Morgan fingerprint density at radius 3 is 2.70 bits per heavy atom. The summed E-state index contributed by atoms with van der Waals surface area (Å²) in [5.41, 5.74) is 7.31. The molecule has 1 unspecified atom stereocenters. The van der Waals surface area contributed by atoms with Crippen molar-refractivity contribution in [2.75, 3.05) is 26.2 Å². The first kappa shape index (κ1) is 24.8. The van der Waals surface area contributed by atoms with E-state index in [0.29, 0.717) is 6.54 Å². The number of hydrogen-bond acceptors (Lipinski definition) is 5. The van der Waals surface area contributed by atoms with Crippen molar-refractivity contribution < 1.29 is 9.59 Å². The van der Waals surface area contributed by atoms with Gasteiger partial charge in [0.15, 0.2) is 0 Å². The highest BCUT2D eigenvalue weighted by Gasteiger charge is 2.32. The molecule has 7 nitrogen and oxygen atoms in total. The first-order chi connectivity index (χ1) is 14.1. The summed E-state index contributed by atoms with van der Waals surface area (Å²) in [6.07, 6.45) is 8.19. The molecule has 0 bridgehead atoms. The molecule has 1 heterocycles. The van der Waals surface area contributed by atoms with E-state index >= 15 is 0 Å². The molecule has 30 heavy (non-hydrogen) atoms. The molecule has 0 aromatic rings. The van der Waals surface area contributed by atoms with Gasteiger partial charge in [-0.1, -0.05) is 46.3 Å². The fourth-order valence-electron chi connectivity index (χ4n) is 3.52. The zero-order valence-corrected chi connectivity index (χ0v) is 20.0. The van der Waals surface area contributed by atoms with Crippen LogP contribution < -0.4 is 16.4 Å². The fourth-order valence-corrected chi connectivity index (χ4v) is 4.69. The molecular weight excluding hydrogens is 398 g/mol. The van der Waals surface area contributed by atoms with Gasteiger partial charge in [-0.3, -0.25) is 4.79 Å². The molecule has 1 aliphatic carbocycles. The standard InChI is InChI=1S/C22H39N5O2S/c1-6-7-12-27(16(2)23)20(28)13-24-21(29)25-19(22(3,4)5)15-26-14-17-10-8-9-11-18(17)30-26/h9,11,16,19H,6-8,10,12-15,23H2,1-5H3,(H2,24,25,29)/t16-,19?/m1/s1. The number of unbranched alkanes of at least 4 members (excludes halogenated alkanes) is 1. The van der Waals surface area contributed by atoms with Crippen LogP contribution in [0.3, 0.4) is 0 Å². The Balaban J connectivity index is 1.86. The van der Waals surface area contributed by atoms with Crippen LogP contribution in [0.5, 0.6) is 0 Å². The minimum atomic E-state index is -0.365. The average Bonchev–Trinajstić information content (AvgIpc) is 3.07. The van der Waals surface area contributed by atoms with E-state index in [1.165, 1.54) is 10.5 Å². The number of nitrogens with one attached hydrogen (secondary N) is 2. The second-order valence-electron chi connectivity index (χ2n) is 9.25. The molecule has 0 saturated heterocycles. The molecule has 8 heteroatoms. The van der Waals surface area contributed by atoms with Crippen molar-refractivity contribution in [2.24, 2.45) is 11.1 Å². The third kappa shape index (κ3) is 7.32. The Labute approximate surface area is 186 Å². The quantitative estimate of drug-likeness (QED) is 0.381. The number of carbonyl (C=O) groups excluding carboxylic acids is 2. The predicted molar refractivity (Wildman–Crippen MR) is 125 cm³/mol. The monoisotopic (exact) mass is 437 g/mol. The van der Waals surface area contributed by atoms with Crippen LogP contribution in [0.1, 0.15) is 60.3 Å². The Bertz CT molecular complexity index is 669. The van der Waals surface area contributed by atoms with Crippen molar-refractivity contribution in [3.8, 4) is 0 Å². The Kier molecular flexibility index (Phi) is 9.25. The van der Waals surface area contributed by atoms with Crippen molar-refractivity contribution in [1.82, 2.24) is 19.8 Å². The van der Waals surface area contributed by atoms with Crippen LogP contribution in [0, 0.1) is 5.41 Å². The summed E-state index contributed by atoms with van der Waals surface area (Å²) in [5.74, 6) is -0.153. The minimum absolute atomic E-state index is 0.0462. The lowest BCUT2D eigenvalue weighted by Crippen LogP contribution is -2.54. The largest absolute Gasteiger partial charge is 0.334 e. The van der Waals surface area contributed by atoms with Crippen LogP contribution in [0.2, 0.25) is 0 Å². The maximum Gasteiger partial charge on any atom is 0.315 e. The molecule has 0 spiro atoms. The molecule has 3 amide bonds. The van der Waals surface area contributed by atoms with E-state index in [1.807, 2.05) is 0 Å². The number of allylic oxidation sites excluding steroid dienone is 2. The highest BCUT2D eigenvalue weighted by Crippen LogP contribution is 2.39. The zero-order chi connectivity index (χ0) is 22.3. The Morgan fingerprint density at radius 2 is 2.10 bits per heavy atom. The summed E-state index contributed by atoms with van der Waals surface area (Å²) in [6.45, 7) is 12.5. The number of nitrogens with zero attached hydrogens (tertiary/aromatic N) is 2. The van der Waals surface area contributed by atoms with Gasteiger partial charge >= 0.3 is 6.03 Å². The first-order valence-corrected chi connectivity index (χ1v) is 11.8. The van der Waals surface area contributed by atoms with Gasteiger partial charge in [0.05, 0.1) is 12.7 Å². The van der Waals surface area contributed by atoms with Crippen LogP contribution in [0.15, 0.2) is 22.6 Å². The Morgan fingerprint density at radius 1 is 1.37 bits per heavy atom. The first-order valence-electron chi connectivity index (χ1n) is 11.0. The third-order valence-electron chi connectivity index (χ3n) is 5.53. The molecule has 2 rings (SSSR count). The normalized spacial score (nSPS) is 18.7. The van der Waals surface area contributed by atoms with Gasteiger partial charge in [0, 0.05) is 30.6 Å². The number of rotatable bonds is 9. The Hall–Kier alpha value is -1.51. The van der Waals surface area contributed by atoms with Gasteiger partial charge in [0.1, 0.15) is 0 Å². The molecule has 1 aliphatic heterocycles. The summed E-state index contributed by atoms with van der Waals surface area (Å²) < 4.78 is 2.32. The highest BCUT2D eigenvalue weighted by atomic mass is 32.2. The highest BCUT2D eigenvalue weighted by molar-refractivity contribution is 8.01. The molecule has 4 N–H and O–H groups in total. The SMILES string of the molecule is CCCCN(C(=O)CNC(=O)NC(CN1CC2=C(C=CCC2)S1)C(C)(C)C)[C@H](C)N. The summed E-state index contributed by atoms with van der Waals surface area (Å²) in [7, 11) is 0. The molecule has 0 aromatic carbocycles. The average molecular weight is 438 g/mol. The lowest BCUT2D eigenvalue weighted by Gasteiger charge is -2.34. The number of nitrogens with two attached hydrogens (primary N) is 1. The van der Waals surface area contributed by atoms with Gasteiger partial charge in [0.2, 0.25) is 5.91 Å². The van der Waals surface area contributed by atoms with Gasteiger partial charge in [-0.15, -0.1) is 0 Å². The molecule has 0 saturated carbocycles. The number of carbonyl (C=O) groups is 2. The van der Waals surface area contributed by atoms with Crippen molar-refractivity contribution >= 4 is 23.9 Å². The van der Waals surface area contributed by atoms with E-state index in [1.54, 1.807) is 23.8 Å². The summed E-state index contributed by atoms with van der Waals surface area (Å²) in [4.78, 5) is 28.0. The molecular formula is C22H39N5O2S. The zero-order valence-electron chi connectivity index (χ0n) is 19.2. The van der Waals surface area contributed by atoms with Crippen LogP contribution in [0.4, 0.5) is 4.79 Å². The fraction of sp³-hybridized carbons (Fsp3) is 0.727. The lowest BCUT2D eigenvalue weighted by atomic mass is 9.86. The number of amides is 3. The lowest BCUT2D eigenvalue weighted by molar-refractivity contribution is -0.132. The van der Waals surface area contributed by atoms with E-state index in [-0.39, 0.29) is 36.1 Å². The maximum atomic E-state index is 12.6. The van der Waals surface area contributed by atoms with E-state index in [2.05, 4.69) is 54.8 Å². The van der Waals surface area contributed by atoms with Crippen molar-refractivity contribution in [2.45, 2.75) is 72.5 Å². The molecule has 2 aliphatic rings. The molecule has 0 fully saturated rings. The summed E-state index contributed by atoms with van der Waals surface area (Å²) in [5, 5.41) is 5.82. The van der Waals surface area contributed by atoms with Crippen LogP contribution in [-0.2, 0) is 4.79 Å². The van der Waals surface area contributed by atoms with E-state index < -0.39 is 0 Å². The second kappa shape index (κ2) is 11.2. The van der Waals surface area contributed by atoms with Gasteiger partial charge in [-0.25, -0.2) is 9.10 Å². The van der Waals surface area contributed by atoms with Crippen LogP contribution >= 0.6 is 11.9 Å². The van der Waals surface area contributed by atoms with E-state index in [4.69, 9.17) is 5.73 Å². The third-order valence-corrected chi connectivity index (χ3v) is 6.68. The molecule has 170 valence electrons. The van der Waals surface area contributed by atoms with Gasteiger partial charge in [-0.05, 0) is 49.1 Å². The van der Waals surface area contributed by atoms with Gasteiger partial charge in [0.25, 0.3) is 0 Å². The van der Waals surface area contributed by atoms with Crippen molar-refractivity contribution in [3.63, 3.8) is 0 Å². The molecule has 0 radical (unpaired) electrons. The molecule has 0 aromatic heterocycles.